The number of hydrogen-bond acceptors (Lipinski definition) is 5. The van der Waals surface area contributed by atoms with Crippen molar-refractivity contribution in [2.75, 3.05) is 20.2 Å². The maximum absolute atomic E-state index is 12.8. The standard InChI is InChI=1S/C24H25N3O5/c1-31-19-9-7-17(8-10-19)16-27-22(28)15-21(23(25-27)18-5-3-2-4-6-18)32-20-11-13-26(14-12-20)24(29)30/h2-10,15,20H,11-14,16H2,1H3,(H,29,30). The van der Waals surface area contributed by atoms with Crippen molar-refractivity contribution in [1.82, 2.24) is 14.7 Å². The lowest BCUT2D eigenvalue weighted by Gasteiger charge is -2.30. The Morgan fingerprint density at radius 3 is 2.41 bits per heavy atom. The molecule has 2 aromatic carbocycles. The van der Waals surface area contributed by atoms with Crippen LogP contribution in [0.3, 0.4) is 0 Å². The van der Waals surface area contributed by atoms with E-state index < -0.39 is 6.09 Å². The number of nitrogens with zero attached hydrogens (tertiary/aromatic N) is 3. The van der Waals surface area contributed by atoms with E-state index in [1.807, 2.05) is 54.6 Å². The van der Waals surface area contributed by atoms with Gasteiger partial charge in [-0.1, -0.05) is 42.5 Å². The Morgan fingerprint density at radius 1 is 1.09 bits per heavy atom. The molecule has 1 N–H and O–H groups in total. The molecule has 1 amide bonds. The normalized spacial score (nSPS) is 14.2. The Morgan fingerprint density at radius 2 is 1.78 bits per heavy atom. The highest BCUT2D eigenvalue weighted by Crippen LogP contribution is 2.29. The molecule has 0 bridgehead atoms. The third-order valence-electron chi connectivity index (χ3n) is 5.51. The van der Waals surface area contributed by atoms with Crippen LogP contribution in [0.25, 0.3) is 11.3 Å². The van der Waals surface area contributed by atoms with Gasteiger partial charge in [0.1, 0.15) is 17.5 Å². The van der Waals surface area contributed by atoms with Crippen LogP contribution >= 0.6 is 0 Å². The smallest absolute Gasteiger partial charge is 0.407 e. The van der Waals surface area contributed by atoms with Crippen molar-refractivity contribution in [3.8, 4) is 22.8 Å². The predicted molar refractivity (Wildman–Crippen MR) is 119 cm³/mol. The summed E-state index contributed by atoms with van der Waals surface area (Å²) >= 11 is 0. The number of likely N-dealkylation sites (tertiary alicyclic amines) is 1. The second kappa shape index (κ2) is 9.55. The van der Waals surface area contributed by atoms with Gasteiger partial charge < -0.3 is 19.5 Å². The number of carbonyl (C=O) groups is 1. The van der Waals surface area contributed by atoms with Crippen molar-refractivity contribution in [2.45, 2.75) is 25.5 Å². The Balaban J connectivity index is 1.62. The van der Waals surface area contributed by atoms with Crippen molar-refractivity contribution in [2.24, 2.45) is 0 Å². The second-order valence-corrected chi connectivity index (χ2v) is 7.65. The van der Waals surface area contributed by atoms with Gasteiger partial charge in [-0.2, -0.15) is 5.10 Å². The summed E-state index contributed by atoms with van der Waals surface area (Å²) in [6.45, 7) is 1.13. The molecule has 32 heavy (non-hydrogen) atoms. The number of carboxylic acid groups (broad SMARTS) is 1. The van der Waals surface area contributed by atoms with E-state index in [2.05, 4.69) is 5.10 Å². The molecule has 1 fully saturated rings. The number of aromatic nitrogens is 2. The van der Waals surface area contributed by atoms with E-state index in [9.17, 15) is 9.59 Å². The van der Waals surface area contributed by atoms with Gasteiger partial charge in [-0.3, -0.25) is 4.79 Å². The van der Waals surface area contributed by atoms with E-state index in [0.717, 1.165) is 16.9 Å². The van der Waals surface area contributed by atoms with Gasteiger partial charge >= 0.3 is 6.09 Å². The van der Waals surface area contributed by atoms with E-state index in [-0.39, 0.29) is 11.7 Å². The predicted octanol–water partition coefficient (Wildman–Crippen LogP) is 3.49. The van der Waals surface area contributed by atoms with E-state index in [1.54, 1.807) is 7.11 Å². The second-order valence-electron chi connectivity index (χ2n) is 7.65. The van der Waals surface area contributed by atoms with Crippen LogP contribution in [0.1, 0.15) is 18.4 Å². The summed E-state index contributed by atoms with van der Waals surface area (Å²) < 4.78 is 12.8. The molecule has 0 atom stereocenters. The first-order chi connectivity index (χ1) is 15.5. The van der Waals surface area contributed by atoms with Crippen molar-refractivity contribution < 1.29 is 19.4 Å². The molecule has 8 heteroatoms. The number of methoxy groups -OCH3 is 1. The zero-order valence-corrected chi connectivity index (χ0v) is 17.8. The molecular formula is C24H25N3O5. The Kier molecular flexibility index (Phi) is 6.39. The van der Waals surface area contributed by atoms with E-state index in [1.165, 1.54) is 15.6 Å². The molecule has 4 rings (SSSR count). The Hall–Kier alpha value is -3.81. The number of hydrogen-bond donors (Lipinski definition) is 1. The van der Waals surface area contributed by atoms with Gasteiger partial charge in [0.25, 0.3) is 5.56 Å². The highest BCUT2D eigenvalue weighted by Gasteiger charge is 2.25. The molecule has 0 radical (unpaired) electrons. The number of benzene rings is 2. The van der Waals surface area contributed by atoms with Crippen LogP contribution in [0, 0.1) is 0 Å². The number of rotatable bonds is 6. The molecule has 1 aromatic heterocycles. The Bertz CT molecular complexity index is 1120. The lowest BCUT2D eigenvalue weighted by atomic mass is 10.1. The fourth-order valence-electron chi connectivity index (χ4n) is 3.72. The quantitative estimate of drug-likeness (QED) is 0.637. The van der Waals surface area contributed by atoms with Crippen LogP contribution in [-0.2, 0) is 6.54 Å². The van der Waals surface area contributed by atoms with Gasteiger partial charge in [0, 0.05) is 37.6 Å². The lowest BCUT2D eigenvalue weighted by molar-refractivity contribution is 0.0893. The summed E-state index contributed by atoms with van der Waals surface area (Å²) in [6.07, 6.45) is 0.0354. The number of ether oxygens (including phenoxy) is 2. The topological polar surface area (TPSA) is 93.9 Å². The highest BCUT2D eigenvalue weighted by molar-refractivity contribution is 5.66. The van der Waals surface area contributed by atoms with Crippen LogP contribution < -0.4 is 15.0 Å². The van der Waals surface area contributed by atoms with Crippen molar-refractivity contribution in [3.05, 3.63) is 76.6 Å². The van der Waals surface area contributed by atoms with Crippen LogP contribution in [-0.4, -0.2) is 52.2 Å². The molecule has 0 spiro atoms. The lowest BCUT2D eigenvalue weighted by Crippen LogP contribution is -2.41. The first-order valence-electron chi connectivity index (χ1n) is 10.5. The van der Waals surface area contributed by atoms with Crippen LogP contribution in [0.4, 0.5) is 4.79 Å². The third kappa shape index (κ3) is 4.91. The van der Waals surface area contributed by atoms with E-state index in [4.69, 9.17) is 14.6 Å². The third-order valence-corrected chi connectivity index (χ3v) is 5.51. The fraction of sp³-hybridized carbons (Fsp3) is 0.292. The average Bonchev–Trinajstić information content (AvgIpc) is 2.82. The molecule has 1 saturated heterocycles. The van der Waals surface area contributed by atoms with Gasteiger partial charge in [0.05, 0.1) is 13.7 Å². The van der Waals surface area contributed by atoms with Crippen molar-refractivity contribution in [3.63, 3.8) is 0 Å². The minimum absolute atomic E-state index is 0.174. The van der Waals surface area contributed by atoms with Gasteiger partial charge in [0.2, 0.25) is 0 Å². The molecule has 2 heterocycles. The van der Waals surface area contributed by atoms with Crippen LogP contribution in [0.15, 0.2) is 65.5 Å². The summed E-state index contributed by atoms with van der Waals surface area (Å²) in [5.41, 5.74) is 2.08. The van der Waals surface area contributed by atoms with Crippen molar-refractivity contribution in [1.29, 1.82) is 0 Å². The van der Waals surface area contributed by atoms with Gasteiger partial charge in [-0.25, -0.2) is 9.48 Å². The molecule has 1 aliphatic rings. The molecule has 0 aliphatic carbocycles. The first kappa shape index (κ1) is 21.4. The number of piperidine rings is 1. The molecule has 0 unspecified atom stereocenters. The zero-order valence-electron chi connectivity index (χ0n) is 17.8. The minimum atomic E-state index is -0.920. The van der Waals surface area contributed by atoms with Gasteiger partial charge in [-0.05, 0) is 17.7 Å². The fourth-order valence-corrected chi connectivity index (χ4v) is 3.72. The highest BCUT2D eigenvalue weighted by atomic mass is 16.5. The summed E-state index contributed by atoms with van der Waals surface area (Å²) in [5.74, 6) is 1.16. The summed E-state index contributed by atoms with van der Waals surface area (Å²) in [6, 6.07) is 18.5. The van der Waals surface area contributed by atoms with E-state index >= 15 is 0 Å². The van der Waals surface area contributed by atoms with Crippen LogP contribution in [0.2, 0.25) is 0 Å². The first-order valence-corrected chi connectivity index (χ1v) is 10.5. The Labute approximate surface area is 185 Å². The summed E-state index contributed by atoms with van der Waals surface area (Å²) in [5, 5.41) is 13.8. The van der Waals surface area contributed by atoms with E-state index in [0.29, 0.717) is 43.9 Å². The molecule has 166 valence electrons. The van der Waals surface area contributed by atoms with Gasteiger partial charge in [0.15, 0.2) is 5.75 Å². The van der Waals surface area contributed by atoms with Crippen LogP contribution in [0.5, 0.6) is 11.5 Å². The molecular weight excluding hydrogens is 410 g/mol. The SMILES string of the molecule is COc1ccc(Cn2nc(-c3ccccc3)c(OC3CCN(C(=O)O)CC3)cc2=O)cc1. The molecule has 8 nitrogen and oxygen atoms in total. The van der Waals surface area contributed by atoms with Gasteiger partial charge in [-0.15, -0.1) is 0 Å². The molecule has 3 aromatic rings. The molecule has 1 aliphatic heterocycles. The number of amides is 1. The maximum Gasteiger partial charge on any atom is 0.407 e. The maximum atomic E-state index is 12.8. The average molecular weight is 435 g/mol. The zero-order chi connectivity index (χ0) is 22.5. The minimum Gasteiger partial charge on any atom is -0.497 e. The van der Waals surface area contributed by atoms with Crippen molar-refractivity contribution >= 4 is 6.09 Å². The largest absolute Gasteiger partial charge is 0.497 e. The summed E-state index contributed by atoms with van der Waals surface area (Å²) in [4.78, 5) is 25.4. The summed E-state index contributed by atoms with van der Waals surface area (Å²) in [7, 11) is 1.61. The monoisotopic (exact) mass is 435 g/mol. The molecule has 0 saturated carbocycles.